The molecular formula is C26H25F3N6O2. The van der Waals surface area contributed by atoms with Gasteiger partial charge < -0.3 is 15.4 Å². The highest BCUT2D eigenvalue weighted by Gasteiger charge is 2.27. The zero-order chi connectivity index (χ0) is 25.8. The third-order valence-corrected chi connectivity index (χ3v) is 6.12. The van der Waals surface area contributed by atoms with E-state index in [-0.39, 0.29) is 6.42 Å². The Balaban J connectivity index is 1.30. The van der Waals surface area contributed by atoms with Crippen LogP contribution in [-0.2, 0) is 16.0 Å². The number of ether oxygens (including phenoxy) is 1. The van der Waals surface area contributed by atoms with E-state index < -0.39 is 18.6 Å². The molecule has 37 heavy (non-hydrogen) atoms. The smallest absolute Gasteiger partial charge is 0.381 e. The number of amides is 1. The van der Waals surface area contributed by atoms with E-state index in [9.17, 15) is 18.0 Å². The Hall–Kier alpha value is -3.99. The number of nitrogens with one attached hydrogen (secondary N) is 2. The van der Waals surface area contributed by atoms with Crippen molar-refractivity contribution in [2.24, 2.45) is 0 Å². The number of benzene rings is 1. The first-order valence-electron chi connectivity index (χ1n) is 11.9. The largest absolute Gasteiger partial charge is 0.405 e. The summed E-state index contributed by atoms with van der Waals surface area (Å²) in [6.45, 7) is 0.148. The first-order chi connectivity index (χ1) is 17.8. The van der Waals surface area contributed by atoms with Gasteiger partial charge in [0.05, 0.1) is 24.0 Å². The molecule has 0 aliphatic carbocycles. The standard InChI is InChI=1S/C26H25F3N6O2/c27-26(28,29)16-31-25(36)13-17-2-1-3-19(12-17)22-15-30-24-14-18(6-9-35(22)24)21-4-5-23(34-33-21)32-20-7-10-37-11-8-20/h1-6,9,12,14-15,20H,7-8,10-11,13,16H2,(H,31,36)(H,32,34). The molecule has 3 aromatic heterocycles. The van der Waals surface area contributed by atoms with Gasteiger partial charge in [0, 0.05) is 36.6 Å². The Bertz CT molecular complexity index is 1380. The fraction of sp³-hybridized carbons (Fsp3) is 0.308. The summed E-state index contributed by atoms with van der Waals surface area (Å²) in [6, 6.07) is 15.1. The number of alkyl halides is 3. The van der Waals surface area contributed by atoms with Gasteiger partial charge in [-0.1, -0.05) is 18.2 Å². The van der Waals surface area contributed by atoms with E-state index in [1.54, 1.807) is 24.4 Å². The van der Waals surface area contributed by atoms with Crippen LogP contribution in [0.4, 0.5) is 19.0 Å². The number of carbonyl (C=O) groups is 1. The lowest BCUT2D eigenvalue weighted by atomic mass is 10.1. The molecule has 1 aromatic carbocycles. The van der Waals surface area contributed by atoms with Crippen LogP contribution >= 0.6 is 0 Å². The number of hydrogen-bond donors (Lipinski definition) is 2. The number of pyridine rings is 1. The van der Waals surface area contributed by atoms with Crippen molar-refractivity contribution >= 4 is 17.4 Å². The van der Waals surface area contributed by atoms with E-state index in [0.717, 1.165) is 54.4 Å². The molecule has 1 aliphatic rings. The second-order valence-corrected chi connectivity index (χ2v) is 8.89. The second-order valence-electron chi connectivity index (χ2n) is 8.89. The average Bonchev–Trinajstić information content (AvgIpc) is 3.32. The van der Waals surface area contributed by atoms with Gasteiger partial charge >= 0.3 is 6.18 Å². The van der Waals surface area contributed by atoms with Gasteiger partial charge in [-0.2, -0.15) is 13.2 Å². The first-order valence-corrected chi connectivity index (χ1v) is 11.9. The maximum Gasteiger partial charge on any atom is 0.405 e. The maximum absolute atomic E-state index is 12.4. The summed E-state index contributed by atoms with van der Waals surface area (Å²) in [5.41, 5.74) is 4.48. The lowest BCUT2D eigenvalue weighted by molar-refractivity contribution is -0.138. The van der Waals surface area contributed by atoms with Gasteiger partial charge in [0.15, 0.2) is 0 Å². The van der Waals surface area contributed by atoms with Crippen LogP contribution in [0.1, 0.15) is 18.4 Å². The van der Waals surface area contributed by atoms with E-state index in [4.69, 9.17) is 4.74 Å². The Kier molecular flexibility index (Phi) is 7.04. The molecule has 1 amide bonds. The van der Waals surface area contributed by atoms with Crippen LogP contribution in [0.15, 0.2) is 60.9 Å². The number of nitrogens with zero attached hydrogens (tertiary/aromatic N) is 4. The van der Waals surface area contributed by atoms with E-state index >= 15 is 0 Å². The number of carbonyl (C=O) groups excluding carboxylic acids is 1. The molecule has 0 atom stereocenters. The monoisotopic (exact) mass is 510 g/mol. The highest BCUT2D eigenvalue weighted by molar-refractivity contribution is 5.79. The molecule has 0 radical (unpaired) electrons. The molecular weight excluding hydrogens is 485 g/mol. The topological polar surface area (TPSA) is 93.4 Å². The normalized spacial score (nSPS) is 14.6. The van der Waals surface area contributed by atoms with Crippen molar-refractivity contribution in [2.75, 3.05) is 25.1 Å². The number of anilines is 1. The van der Waals surface area contributed by atoms with Gasteiger partial charge in [0.1, 0.15) is 18.0 Å². The van der Waals surface area contributed by atoms with Crippen LogP contribution < -0.4 is 10.6 Å². The highest BCUT2D eigenvalue weighted by Crippen LogP contribution is 2.26. The molecule has 192 valence electrons. The lowest BCUT2D eigenvalue weighted by Crippen LogP contribution is -2.34. The number of rotatable bonds is 7. The Morgan fingerprint density at radius 1 is 1.05 bits per heavy atom. The molecule has 0 spiro atoms. The average molecular weight is 511 g/mol. The van der Waals surface area contributed by atoms with E-state index in [2.05, 4.69) is 20.5 Å². The summed E-state index contributed by atoms with van der Waals surface area (Å²) in [4.78, 5) is 16.4. The first kappa shape index (κ1) is 24.7. The molecule has 11 heteroatoms. The van der Waals surface area contributed by atoms with Gasteiger partial charge in [-0.05, 0) is 48.7 Å². The van der Waals surface area contributed by atoms with Crippen molar-refractivity contribution in [1.82, 2.24) is 24.9 Å². The van der Waals surface area contributed by atoms with E-state index in [0.29, 0.717) is 17.3 Å². The molecule has 2 N–H and O–H groups in total. The second kappa shape index (κ2) is 10.6. The number of fused-ring (bicyclic) bond motifs is 1. The molecule has 4 heterocycles. The molecule has 0 bridgehead atoms. The van der Waals surface area contributed by atoms with Gasteiger partial charge in [-0.15, -0.1) is 10.2 Å². The molecule has 1 saturated heterocycles. The van der Waals surface area contributed by atoms with Crippen LogP contribution in [-0.4, -0.2) is 57.5 Å². The Labute approximate surface area is 210 Å². The van der Waals surface area contributed by atoms with Crippen LogP contribution in [0, 0.1) is 0 Å². The number of hydrogen-bond acceptors (Lipinski definition) is 6. The van der Waals surface area contributed by atoms with Crippen molar-refractivity contribution in [3.05, 3.63) is 66.5 Å². The van der Waals surface area contributed by atoms with Gasteiger partial charge in [-0.3, -0.25) is 9.20 Å². The van der Waals surface area contributed by atoms with Crippen LogP contribution in [0.5, 0.6) is 0 Å². The summed E-state index contributed by atoms with van der Waals surface area (Å²) in [7, 11) is 0. The van der Waals surface area contributed by atoms with Crippen molar-refractivity contribution in [1.29, 1.82) is 0 Å². The maximum atomic E-state index is 12.4. The number of halogens is 3. The van der Waals surface area contributed by atoms with Crippen LogP contribution in [0.25, 0.3) is 28.2 Å². The van der Waals surface area contributed by atoms with E-state index in [1.165, 1.54) is 0 Å². The van der Waals surface area contributed by atoms with Crippen molar-refractivity contribution < 1.29 is 22.7 Å². The zero-order valence-corrected chi connectivity index (χ0v) is 19.8. The molecule has 5 rings (SSSR count). The van der Waals surface area contributed by atoms with E-state index in [1.807, 2.05) is 46.2 Å². The summed E-state index contributed by atoms with van der Waals surface area (Å²) < 4.78 is 44.4. The van der Waals surface area contributed by atoms with Crippen molar-refractivity contribution in [2.45, 2.75) is 31.5 Å². The Morgan fingerprint density at radius 3 is 2.65 bits per heavy atom. The zero-order valence-electron chi connectivity index (χ0n) is 19.8. The van der Waals surface area contributed by atoms with Crippen LogP contribution in [0.3, 0.4) is 0 Å². The van der Waals surface area contributed by atoms with Crippen molar-refractivity contribution in [3.8, 4) is 22.5 Å². The number of aromatic nitrogens is 4. The Morgan fingerprint density at radius 2 is 1.89 bits per heavy atom. The van der Waals surface area contributed by atoms with Crippen LogP contribution in [0.2, 0.25) is 0 Å². The third-order valence-electron chi connectivity index (χ3n) is 6.12. The minimum absolute atomic E-state index is 0.150. The fourth-order valence-corrected chi connectivity index (χ4v) is 4.26. The van der Waals surface area contributed by atoms with Crippen molar-refractivity contribution in [3.63, 3.8) is 0 Å². The minimum atomic E-state index is -4.44. The third kappa shape index (κ3) is 6.23. The van der Waals surface area contributed by atoms with Gasteiger partial charge in [0.25, 0.3) is 0 Å². The highest BCUT2D eigenvalue weighted by atomic mass is 19.4. The molecule has 0 saturated carbocycles. The molecule has 1 aliphatic heterocycles. The quantitative estimate of drug-likeness (QED) is 0.386. The van der Waals surface area contributed by atoms with Gasteiger partial charge in [0.2, 0.25) is 5.91 Å². The lowest BCUT2D eigenvalue weighted by Gasteiger charge is -2.23. The predicted octanol–water partition coefficient (Wildman–Crippen LogP) is 4.27. The predicted molar refractivity (Wildman–Crippen MR) is 132 cm³/mol. The number of imidazole rings is 1. The molecule has 1 fully saturated rings. The molecule has 8 nitrogen and oxygen atoms in total. The SMILES string of the molecule is O=C(Cc1cccc(-c2cnc3cc(-c4ccc(NC5CCOCC5)nn4)ccn23)c1)NCC(F)(F)F. The summed E-state index contributed by atoms with van der Waals surface area (Å²) in [6.07, 6.45) is 0.887. The summed E-state index contributed by atoms with van der Waals surface area (Å²) >= 11 is 0. The van der Waals surface area contributed by atoms with Gasteiger partial charge in [-0.25, -0.2) is 4.98 Å². The molecule has 0 unspecified atom stereocenters. The summed E-state index contributed by atoms with van der Waals surface area (Å²) in [5.74, 6) is 0.0409. The molecule has 4 aromatic rings. The summed E-state index contributed by atoms with van der Waals surface area (Å²) in [5, 5.41) is 14.0. The minimum Gasteiger partial charge on any atom is -0.381 e. The fourth-order valence-electron chi connectivity index (χ4n) is 4.26.